The monoisotopic (exact) mass is 549 g/mol. The number of fused-ring (bicyclic) bond motifs is 1. The summed E-state index contributed by atoms with van der Waals surface area (Å²) in [4.78, 5) is 51.0. The van der Waals surface area contributed by atoms with Gasteiger partial charge in [0, 0.05) is 37.2 Å². The van der Waals surface area contributed by atoms with Crippen LogP contribution in [0, 0.1) is 11.3 Å². The van der Waals surface area contributed by atoms with Crippen molar-refractivity contribution >= 4 is 23.6 Å². The lowest BCUT2D eigenvalue weighted by Crippen LogP contribution is -2.44. The minimum Gasteiger partial charge on any atom is -0.396 e. The molecule has 1 unspecified atom stereocenters. The van der Waals surface area contributed by atoms with Crippen molar-refractivity contribution in [3.63, 3.8) is 0 Å². The van der Waals surface area contributed by atoms with Crippen LogP contribution < -0.4 is 10.6 Å². The topological polar surface area (TPSA) is 136 Å². The third-order valence-electron chi connectivity index (χ3n) is 6.96. The second-order valence-electron chi connectivity index (χ2n) is 10.7. The lowest BCUT2D eigenvalue weighted by molar-refractivity contribution is -0.139. The Morgan fingerprint density at radius 1 is 1.10 bits per heavy atom. The molecule has 9 heteroatoms. The minimum atomic E-state index is -1.42. The van der Waals surface area contributed by atoms with Crippen molar-refractivity contribution in [1.82, 2.24) is 15.5 Å². The molecular formula is C31H39N3O6. The highest BCUT2D eigenvalue weighted by molar-refractivity contribution is 6.05. The number of rotatable bonds is 12. The maximum atomic E-state index is 13.1. The van der Waals surface area contributed by atoms with Gasteiger partial charge in [0.15, 0.2) is 0 Å². The third-order valence-corrected chi connectivity index (χ3v) is 6.96. The first-order chi connectivity index (χ1) is 19.1. The highest BCUT2D eigenvalue weighted by Gasteiger charge is 2.39. The van der Waals surface area contributed by atoms with Gasteiger partial charge in [-0.1, -0.05) is 62.5 Å². The van der Waals surface area contributed by atoms with Crippen LogP contribution in [0.4, 0.5) is 0 Å². The van der Waals surface area contributed by atoms with Gasteiger partial charge in [0.05, 0.1) is 12.5 Å². The molecule has 3 aliphatic rings. The molecule has 0 aromatic rings. The molecule has 0 radical (unpaired) electrons. The predicted molar refractivity (Wildman–Crippen MR) is 152 cm³/mol. The number of nitrogens with zero attached hydrogens (tertiary/aromatic N) is 1. The van der Waals surface area contributed by atoms with Gasteiger partial charge in [-0.3, -0.25) is 24.1 Å². The second-order valence-corrected chi connectivity index (χ2v) is 10.7. The molecule has 1 fully saturated rings. The third kappa shape index (κ3) is 8.86. The molecule has 0 aromatic heterocycles. The molecule has 4 N–H and O–H groups in total. The summed E-state index contributed by atoms with van der Waals surface area (Å²) in [7, 11) is 0. The zero-order valence-electron chi connectivity index (χ0n) is 23.1. The van der Waals surface area contributed by atoms with Crippen molar-refractivity contribution in [3.8, 4) is 0 Å². The molecule has 1 heterocycles. The molecule has 1 aliphatic heterocycles. The van der Waals surface area contributed by atoms with Gasteiger partial charge in [-0.05, 0) is 48.5 Å². The lowest BCUT2D eigenvalue weighted by Gasteiger charge is -2.26. The fourth-order valence-corrected chi connectivity index (χ4v) is 4.24. The number of nitrogens with one attached hydrogen (secondary N) is 2. The first kappa shape index (κ1) is 30.7. The lowest BCUT2D eigenvalue weighted by atomic mass is 9.87. The number of carbonyl (C=O) groups excluding carboxylic acids is 4. The van der Waals surface area contributed by atoms with Crippen LogP contribution >= 0.6 is 0 Å². The molecule has 0 bridgehead atoms. The Kier molecular flexibility index (Phi) is 11.2. The van der Waals surface area contributed by atoms with Gasteiger partial charge in [0.25, 0.3) is 5.91 Å². The van der Waals surface area contributed by atoms with Crippen LogP contribution in [0.2, 0.25) is 0 Å². The Bertz CT molecular complexity index is 1200. The summed E-state index contributed by atoms with van der Waals surface area (Å²) in [6.07, 6.45) is 21.8. The van der Waals surface area contributed by atoms with Crippen LogP contribution in [0.5, 0.6) is 0 Å². The molecular weight excluding hydrogens is 510 g/mol. The Labute approximate surface area is 235 Å². The average molecular weight is 550 g/mol. The smallest absolute Gasteiger partial charge is 0.253 e. The molecule has 3 rings (SSSR count). The molecule has 2 atom stereocenters. The van der Waals surface area contributed by atoms with Gasteiger partial charge in [0.1, 0.15) is 6.10 Å². The van der Waals surface area contributed by atoms with Crippen molar-refractivity contribution < 1.29 is 29.4 Å². The molecule has 0 aromatic carbocycles. The van der Waals surface area contributed by atoms with Gasteiger partial charge in [-0.2, -0.15) is 0 Å². The van der Waals surface area contributed by atoms with E-state index < -0.39 is 29.3 Å². The first-order valence-electron chi connectivity index (χ1n) is 13.7. The van der Waals surface area contributed by atoms with E-state index in [1.807, 2.05) is 48.6 Å². The molecule has 214 valence electrons. The maximum absolute atomic E-state index is 13.1. The predicted octanol–water partition coefficient (Wildman–Crippen LogP) is 2.52. The number of likely N-dealkylation sites (tertiary alicyclic amines) is 1. The van der Waals surface area contributed by atoms with Crippen LogP contribution in [0.25, 0.3) is 0 Å². The first-order valence-corrected chi connectivity index (χ1v) is 13.7. The second kappa shape index (κ2) is 14.5. The van der Waals surface area contributed by atoms with Crippen LogP contribution in [-0.4, -0.2) is 64.5 Å². The Balaban J connectivity index is 1.39. The van der Waals surface area contributed by atoms with E-state index in [0.29, 0.717) is 32.4 Å². The number of aliphatic hydroxyl groups excluding tert-OH is 2. The number of imide groups is 1. The summed E-state index contributed by atoms with van der Waals surface area (Å²) in [6.45, 7) is 3.47. The molecule has 0 saturated carbocycles. The molecule has 4 amide bonds. The summed E-state index contributed by atoms with van der Waals surface area (Å²) in [5.74, 6) is -1.93. The number of amides is 4. The maximum Gasteiger partial charge on any atom is 0.253 e. The summed E-state index contributed by atoms with van der Waals surface area (Å²) in [5, 5.41) is 24.2. The van der Waals surface area contributed by atoms with Gasteiger partial charge >= 0.3 is 0 Å². The molecule has 40 heavy (non-hydrogen) atoms. The quantitative estimate of drug-likeness (QED) is 0.168. The van der Waals surface area contributed by atoms with Crippen LogP contribution in [0.15, 0.2) is 83.7 Å². The number of unbranched alkanes of at least 4 members (excludes halogenated alkanes) is 2. The van der Waals surface area contributed by atoms with Crippen molar-refractivity contribution in [2.45, 2.75) is 52.1 Å². The van der Waals surface area contributed by atoms with E-state index in [-0.39, 0.29) is 24.8 Å². The fraction of sp³-hybridized carbons (Fsp3) is 0.419. The van der Waals surface area contributed by atoms with E-state index in [2.05, 4.69) is 16.7 Å². The molecule has 2 aliphatic carbocycles. The highest BCUT2D eigenvalue weighted by Crippen LogP contribution is 2.35. The Morgan fingerprint density at radius 2 is 1.88 bits per heavy atom. The molecule has 1 saturated heterocycles. The highest BCUT2D eigenvalue weighted by atomic mass is 16.3. The number of hydrogen-bond acceptors (Lipinski definition) is 6. The summed E-state index contributed by atoms with van der Waals surface area (Å²) in [6, 6.07) is 0. The molecule has 0 spiro atoms. The van der Waals surface area contributed by atoms with Crippen LogP contribution in [-0.2, 0) is 19.2 Å². The van der Waals surface area contributed by atoms with Crippen LogP contribution in [0.3, 0.4) is 0 Å². The Hall–Kier alpha value is -3.82. The van der Waals surface area contributed by atoms with E-state index >= 15 is 0 Å². The van der Waals surface area contributed by atoms with Crippen molar-refractivity contribution in [2.24, 2.45) is 11.3 Å². The largest absolute Gasteiger partial charge is 0.396 e. The van der Waals surface area contributed by atoms with Crippen molar-refractivity contribution in [2.75, 3.05) is 19.7 Å². The fourth-order valence-electron chi connectivity index (χ4n) is 4.24. The zero-order valence-corrected chi connectivity index (χ0v) is 23.1. The van der Waals surface area contributed by atoms with E-state index in [1.54, 1.807) is 13.8 Å². The van der Waals surface area contributed by atoms with Crippen molar-refractivity contribution in [3.05, 3.63) is 83.7 Å². The number of aliphatic hydroxyl groups is 2. The standard InChI is InChI=1S/C31H39N3O6/c1-31(2,21-35)28(38)29(39)33-16-14-26(36)32-15-10-7-11-17-34-27(37)20-25(30(34)40)23-13-9-6-4-3-5-8-12-22-18-24(22)19-23/h3,5-6,8-9,12-14,16,18-19,25,28,35,38H,4,7,10-11,15,17,20-21H2,1-2H3,(H,32,36)(H,33,39)/b5-3-,9-6-,12-8-,16-14+,23-13+,24-19?/t25?,28-/m0/s1. The summed E-state index contributed by atoms with van der Waals surface area (Å²) >= 11 is 0. The van der Waals surface area contributed by atoms with Gasteiger partial charge in [0.2, 0.25) is 17.7 Å². The average Bonchev–Trinajstić information content (AvgIpc) is 3.60. The van der Waals surface area contributed by atoms with E-state index in [1.165, 1.54) is 4.90 Å². The van der Waals surface area contributed by atoms with Gasteiger partial charge < -0.3 is 20.8 Å². The van der Waals surface area contributed by atoms with E-state index in [4.69, 9.17) is 0 Å². The van der Waals surface area contributed by atoms with E-state index in [9.17, 15) is 29.4 Å². The number of carbonyl (C=O) groups is 4. The molecule has 9 nitrogen and oxygen atoms in total. The van der Waals surface area contributed by atoms with Crippen molar-refractivity contribution in [1.29, 1.82) is 0 Å². The number of allylic oxidation sites excluding steroid dienone is 11. The zero-order chi connectivity index (χ0) is 29.1. The Morgan fingerprint density at radius 3 is 2.65 bits per heavy atom. The summed E-state index contributed by atoms with van der Waals surface area (Å²) < 4.78 is 0. The minimum absolute atomic E-state index is 0.163. The van der Waals surface area contributed by atoms with E-state index in [0.717, 1.165) is 35.4 Å². The summed E-state index contributed by atoms with van der Waals surface area (Å²) in [5.41, 5.74) is 2.04. The van der Waals surface area contributed by atoms with Gasteiger partial charge in [-0.15, -0.1) is 0 Å². The number of hydrogen-bond donors (Lipinski definition) is 4. The van der Waals surface area contributed by atoms with Gasteiger partial charge in [-0.25, -0.2) is 0 Å². The SMILES string of the molecule is CC(C)(CO)[C@@H](O)C(=O)N/C=C/C(=O)NCCCCCN1C(=O)CC(/C2=C/C=C\C/C=C\C=C/C3=CC3=C2)C1=O. The normalized spacial score (nSPS) is 23.6. The van der Waals surface area contributed by atoms with Crippen LogP contribution in [0.1, 0.15) is 46.0 Å².